The van der Waals surface area contributed by atoms with Crippen LogP contribution in [0.1, 0.15) is 84.6 Å². The molecule has 15 nitrogen and oxygen atoms in total. The summed E-state index contributed by atoms with van der Waals surface area (Å²) in [6, 6.07) is 12.8. The molecule has 5 fully saturated rings. The molecule has 7 heterocycles. The van der Waals surface area contributed by atoms with E-state index in [1.807, 2.05) is 24.2 Å². The van der Waals surface area contributed by atoms with Crippen LogP contribution in [0.4, 0.5) is 16.3 Å². The number of ether oxygens (including phenoxy) is 1. The Morgan fingerprint density at radius 2 is 1.65 bits per heavy atom. The summed E-state index contributed by atoms with van der Waals surface area (Å²) >= 11 is 0. The summed E-state index contributed by atoms with van der Waals surface area (Å²) in [7, 11) is 1.85. The van der Waals surface area contributed by atoms with Gasteiger partial charge in [0, 0.05) is 78.2 Å². The Morgan fingerprint density at radius 1 is 0.860 bits per heavy atom. The Balaban J connectivity index is 0.795. The summed E-state index contributed by atoms with van der Waals surface area (Å²) in [5.41, 5.74) is 10.0. The lowest BCUT2D eigenvalue weighted by Crippen LogP contribution is -2.49. The van der Waals surface area contributed by atoms with Gasteiger partial charge in [0.2, 0.25) is 11.8 Å². The van der Waals surface area contributed by atoms with E-state index in [9.17, 15) is 19.2 Å². The first-order valence-corrected chi connectivity index (χ1v) is 20.6. The molecule has 0 spiro atoms. The Labute approximate surface area is 333 Å². The highest BCUT2D eigenvalue weighted by Crippen LogP contribution is 2.31. The number of likely N-dealkylation sites (N-methyl/N-ethyl adjacent to an activating group) is 1. The number of imide groups is 1. The van der Waals surface area contributed by atoms with E-state index in [4.69, 9.17) is 15.5 Å². The molecule has 5 amide bonds. The Morgan fingerprint density at radius 3 is 2.33 bits per heavy atom. The van der Waals surface area contributed by atoms with Gasteiger partial charge in [-0.05, 0) is 80.6 Å². The fourth-order valence-electron chi connectivity index (χ4n) is 9.17. The standard InChI is InChI=1S/C42H54N10O5/c1-48-21-22-52(42(48)56)33-3-2-16-51(27-33)36-25-45-39(40(43)54)34(46-36)23-28-4-6-30(7-5-28)31-14-17-49(18-15-31)26-29-12-19-50(20-13-29)32-8-11-38(44-24-32)57-35-9-10-37(53)47-41(35)55/h4-8,11,24-25,29,31,33,35H,2-3,9-10,12-23,26-27H2,1H3,(H2,43,54)(H,47,53,55)/t33-,35?/m1/s1. The summed E-state index contributed by atoms with van der Waals surface area (Å²) in [4.78, 5) is 73.3. The first kappa shape index (κ1) is 38.6. The van der Waals surface area contributed by atoms with Crippen LogP contribution in [0.25, 0.3) is 0 Å². The molecule has 15 heteroatoms. The lowest BCUT2D eigenvalue weighted by molar-refractivity contribution is -0.139. The number of hydrogen-bond acceptors (Lipinski definition) is 11. The van der Waals surface area contributed by atoms with Gasteiger partial charge in [0.05, 0.1) is 29.8 Å². The number of urea groups is 1. The number of carbonyl (C=O) groups is 4. The van der Waals surface area contributed by atoms with E-state index >= 15 is 0 Å². The molecule has 302 valence electrons. The van der Waals surface area contributed by atoms with E-state index in [0.29, 0.717) is 42.8 Å². The van der Waals surface area contributed by atoms with Crippen LogP contribution in [0.15, 0.2) is 48.8 Å². The minimum atomic E-state index is -0.685. The van der Waals surface area contributed by atoms with Crippen LogP contribution in [-0.2, 0) is 16.0 Å². The average molecular weight is 779 g/mol. The number of nitrogens with zero attached hydrogens (tertiary/aromatic N) is 8. The number of anilines is 2. The van der Waals surface area contributed by atoms with Crippen molar-refractivity contribution in [1.29, 1.82) is 0 Å². The third kappa shape index (κ3) is 8.98. The van der Waals surface area contributed by atoms with Gasteiger partial charge in [-0.3, -0.25) is 19.7 Å². The van der Waals surface area contributed by atoms with E-state index in [1.54, 1.807) is 17.2 Å². The molecule has 2 aromatic heterocycles. The van der Waals surface area contributed by atoms with Crippen molar-refractivity contribution in [2.75, 3.05) is 75.8 Å². The van der Waals surface area contributed by atoms with Gasteiger partial charge in [0.25, 0.3) is 11.8 Å². The van der Waals surface area contributed by atoms with E-state index in [-0.39, 0.29) is 30.1 Å². The molecular weight excluding hydrogens is 725 g/mol. The van der Waals surface area contributed by atoms with Crippen LogP contribution in [0.3, 0.4) is 0 Å². The predicted octanol–water partition coefficient (Wildman–Crippen LogP) is 3.18. The number of rotatable bonds is 11. The summed E-state index contributed by atoms with van der Waals surface area (Å²) in [5.74, 6) is 1.05. The molecule has 2 atom stereocenters. The molecule has 0 saturated carbocycles. The average Bonchev–Trinajstić information content (AvgIpc) is 3.57. The molecule has 0 radical (unpaired) electrons. The zero-order valence-electron chi connectivity index (χ0n) is 32.9. The third-order valence-corrected chi connectivity index (χ3v) is 12.6. The minimum absolute atomic E-state index is 0.0843. The number of hydrogen-bond donors (Lipinski definition) is 2. The van der Waals surface area contributed by atoms with Crippen LogP contribution in [0.5, 0.6) is 5.88 Å². The molecule has 1 aromatic carbocycles. The van der Waals surface area contributed by atoms with Crippen molar-refractivity contribution in [2.24, 2.45) is 11.7 Å². The number of aromatic nitrogens is 3. The first-order chi connectivity index (χ1) is 27.7. The SMILES string of the molecule is CN1CCN([C@@H]2CCCN(c3cnc(C(N)=O)c(Cc4ccc(C5CCN(CC6CCN(c7ccc(OC8CCC(=O)NC8=O)nc7)CC6)CC5)cc4)n3)C2)C1=O. The highest BCUT2D eigenvalue weighted by Gasteiger charge is 2.35. The predicted molar refractivity (Wildman–Crippen MR) is 214 cm³/mol. The fraction of sp³-hybridized carbons (Fsp3) is 0.548. The van der Waals surface area contributed by atoms with Gasteiger partial charge in [-0.2, -0.15) is 0 Å². The van der Waals surface area contributed by atoms with Gasteiger partial charge in [0.15, 0.2) is 6.10 Å². The van der Waals surface area contributed by atoms with Crippen molar-refractivity contribution in [3.63, 3.8) is 0 Å². The van der Waals surface area contributed by atoms with Gasteiger partial charge < -0.3 is 35.0 Å². The highest BCUT2D eigenvalue weighted by molar-refractivity contribution is 5.99. The molecule has 5 saturated heterocycles. The van der Waals surface area contributed by atoms with Crippen molar-refractivity contribution in [2.45, 2.75) is 75.9 Å². The maximum atomic E-state index is 12.7. The first-order valence-electron chi connectivity index (χ1n) is 20.6. The van der Waals surface area contributed by atoms with Crippen molar-refractivity contribution in [1.82, 2.24) is 35.0 Å². The van der Waals surface area contributed by atoms with E-state index in [0.717, 1.165) is 108 Å². The molecule has 3 N–H and O–H groups in total. The van der Waals surface area contributed by atoms with Crippen molar-refractivity contribution in [3.05, 3.63) is 71.3 Å². The van der Waals surface area contributed by atoms with Crippen molar-refractivity contribution >= 4 is 35.3 Å². The monoisotopic (exact) mass is 778 g/mol. The molecule has 0 bridgehead atoms. The summed E-state index contributed by atoms with van der Waals surface area (Å²) in [6.07, 6.45) is 10.3. The molecule has 3 aromatic rings. The van der Waals surface area contributed by atoms with Gasteiger partial charge in [-0.15, -0.1) is 0 Å². The van der Waals surface area contributed by atoms with Crippen LogP contribution >= 0.6 is 0 Å². The maximum Gasteiger partial charge on any atom is 0.320 e. The van der Waals surface area contributed by atoms with Crippen LogP contribution in [0, 0.1) is 5.92 Å². The number of nitrogens with one attached hydrogen (secondary N) is 1. The second-order valence-corrected chi connectivity index (χ2v) is 16.4. The van der Waals surface area contributed by atoms with E-state index in [1.165, 1.54) is 5.56 Å². The zero-order chi connectivity index (χ0) is 39.5. The molecule has 5 aliphatic heterocycles. The zero-order valence-corrected chi connectivity index (χ0v) is 32.9. The number of likely N-dealkylation sites (tertiary alicyclic amines) is 1. The third-order valence-electron chi connectivity index (χ3n) is 12.6. The van der Waals surface area contributed by atoms with Gasteiger partial charge >= 0.3 is 6.03 Å². The molecule has 1 unspecified atom stereocenters. The van der Waals surface area contributed by atoms with Gasteiger partial charge in [0.1, 0.15) is 11.5 Å². The normalized spacial score (nSPS) is 22.9. The van der Waals surface area contributed by atoms with Crippen molar-refractivity contribution < 1.29 is 23.9 Å². The van der Waals surface area contributed by atoms with Crippen LogP contribution in [-0.4, -0.2) is 132 Å². The molecular formula is C42H54N10O5. The number of carbonyl (C=O) groups excluding carboxylic acids is 4. The molecule has 5 aliphatic rings. The topological polar surface area (TPSA) is 170 Å². The Bertz CT molecular complexity index is 1930. The number of piperidine rings is 4. The quantitative estimate of drug-likeness (QED) is 0.274. The largest absolute Gasteiger partial charge is 0.464 e. The van der Waals surface area contributed by atoms with Gasteiger partial charge in [-0.25, -0.2) is 19.7 Å². The molecule has 57 heavy (non-hydrogen) atoms. The van der Waals surface area contributed by atoms with Crippen LogP contribution < -0.4 is 25.6 Å². The lowest BCUT2D eigenvalue weighted by Gasteiger charge is -2.38. The fourth-order valence-corrected chi connectivity index (χ4v) is 9.17. The number of nitrogens with two attached hydrogens (primary N) is 1. The second kappa shape index (κ2) is 17.0. The molecule has 8 rings (SSSR count). The number of primary amides is 1. The Hall–Kier alpha value is -5.31. The minimum Gasteiger partial charge on any atom is -0.464 e. The molecule has 0 aliphatic carbocycles. The van der Waals surface area contributed by atoms with Crippen LogP contribution in [0.2, 0.25) is 0 Å². The smallest absolute Gasteiger partial charge is 0.320 e. The summed E-state index contributed by atoms with van der Waals surface area (Å²) < 4.78 is 5.75. The summed E-state index contributed by atoms with van der Waals surface area (Å²) in [5, 5.41) is 2.32. The van der Waals surface area contributed by atoms with E-state index < -0.39 is 17.9 Å². The summed E-state index contributed by atoms with van der Waals surface area (Å²) in [6.45, 7) is 8.29. The Kier molecular flexibility index (Phi) is 11.5. The number of benzene rings is 1. The van der Waals surface area contributed by atoms with E-state index in [2.05, 4.69) is 54.2 Å². The number of amides is 5. The maximum absolute atomic E-state index is 12.7. The number of pyridine rings is 1. The highest BCUT2D eigenvalue weighted by atomic mass is 16.5. The van der Waals surface area contributed by atoms with Crippen molar-refractivity contribution in [3.8, 4) is 5.88 Å². The second-order valence-electron chi connectivity index (χ2n) is 16.4. The van der Waals surface area contributed by atoms with Gasteiger partial charge in [-0.1, -0.05) is 24.3 Å². The lowest BCUT2D eigenvalue weighted by atomic mass is 9.87.